The van der Waals surface area contributed by atoms with Gasteiger partial charge in [0.15, 0.2) is 12.7 Å². The van der Waals surface area contributed by atoms with Crippen LogP contribution in [0.25, 0.3) is 11.5 Å². The number of nitrogens with zero attached hydrogens (tertiary/aromatic N) is 2. The minimum atomic E-state index is -0.977. The Morgan fingerprint density at radius 3 is 2.45 bits per heavy atom. The van der Waals surface area contributed by atoms with E-state index in [-0.39, 0.29) is 6.61 Å². The molecule has 0 fully saturated rings. The third kappa shape index (κ3) is 5.72. The van der Waals surface area contributed by atoms with Gasteiger partial charge in [0.05, 0.1) is 5.71 Å². The molecule has 1 atom stereocenters. The van der Waals surface area contributed by atoms with Crippen molar-refractivity contribution >= 4 is 11.7 Å². The topological polar surface area (TPSA) is 94.2 Å². The van der Waals surface area contributed by atoms with Gasteiger partial charge in [-0.3, -0.25) is 0 Å². The lowest BCUT2D eigenvalue weighted by Gasteiger charge is -2.13. The minimum absolute atomic E-state index is 0.198. The molecule has 0 aliphatic carbocycles. The van der Waals surface area contributed by atoms with Gasteiger partial charge in [-0.25, -0.2) is 9.78 Å². The largest absolute Gasteiger partial charge is 0.479 e. The number of aromatic nitrogens is 1. The van der Waals surface area contributed by atoms with E-state index in [4.69, 9.17) is 19.1 Å². The van der Waals surface area contributed by atoms with E-state index in [1.165, 1.54) is 0 Å². The van der Waals surface area contributed by atoms with Gasteiger partial charge in [0.25, 0.3) is 0 Å². The van der Waals surface area contributed by atoms with Crippen molar-refractivity contribution < 1.29 is 23.9 Å². The molecule has 0 bridgehead atoms. The Hall–Kier alpha value is -3.61. The van der Waals surface area contributed by atoms with E-state index in [1.807, 2.05) is 56.3 Å². The SMILES string of the molecule is CCC(=NOCc1nc(-c2ccccc2)oc1C)c1ccc(OC(CC)C(=O)O)cc1. The first-order valence-electron chi connectivity index (χ1n) is 10.2. The molecule has 1 N–H and O–H groups in total. The standard InChI is InChI=1S/C24H26N2O5/c1-4-20(17-11-13-19(14-12-17)31-22(5-2)24(27)28)26-29-15-21-16(3)30-23(25-21)18-9-7-6-8-10-18/h6-14,22H,4-5,15H2,1-3H3,(H,27,28). The van der Waals surface area contributed by atoms with Crippen molar-refractivity contribution in [2.45, 2.75) is 46.3 Å². The zero-order valence-electron chi connectivity index (χ0n) is 17.9. The van der Waals surface area contributed by atoms with Crippen LogP contribution >= 0.6 is 0 Å². The predicted molar refractivity (Wildman–Crippen MR) is 117 cm³/mol. The van der Waals surface area contributed by atoms with Gasteiger partial charge in [-0.05, 0) is 61.7 Å². The molecule has 31 heavy (non-hydrogen) atoms. The Balaban J connectivity index is 1.65. The summed E-state index contributed by atoms with van der Waals surface area (Å²) >= 11 is 0. The normalized spacial score (nSPS) is 12.4. The molecule has 3 rings (SSSR count). The molecule has 1 unspecified atom stereocenters. The molecular formula is C24H26N2O5. The van der Waals surface area contributed by atoms with E-state index in [0.717, 1.165) is 16.8 Å². The highest BCUT2D eigenvalue weighted by atomic mass is 16.6. The molecule has 0 radical (unpaired) electrons. The van der Waals surface area contributed by atoms with Gasteiger partial charge in [-0.15, -0.1) is 0 Å². The molecule has 7 heteroatoms. The molecule has 0 amide bonds. The number of rotatable bonds is 10. The van der Waals surface area contributed by atoms with Crippen LogP contribution in [-0.4, -0.2) is 27.9 Å². The molecule has 0 aliphatic rings. The Labute approximate surface area is 181 Å². The highest BCUT2D eigenvalue weighted by Crippen LogP contribution is 2.22. The molecule has 162 valence electrons. The number of carboxylic acid groups (broad SMARTS) is 1. The molecule has 2 aromatic carbocycles. The van der Waals surface area contributed by atoms with Crippen molar-refractivity contribution in [3.8, 4) is 17.2 Å². The summed E-state index contributed by atoms with van der Waals surface area (Å²) in [5.74, 6) is 0.770. The van der Waals surface area contributed by atoms with Gasteiger partial charge in [-0.1, -0.05) is 37.2 Å². The summed E-state index contributed by atoms with van der Waals surface area (Å²) in [6.07, 6.45) is 0.194. The summed E-state index contributed by atoms with van der Waals surface area (Å²) < 4.78 is 11.2. The average molecular weight is 422 g/mol. The molecule has 0 aliphatic heterocycles. The third-order valence-corrected chi connectivity index (χ3v) is 4.74. The third-order valence-electron chi connectivity index (χ3n) is 4.74. The lowest BCUT2D eigenvalue weighted by atomic mass is 10.1. The number of oxime groups is 1. The maximum absolute atomic E-state index is 11.1. The van der Waals surface area contributed by atoms with Crippen molar-refractivity contribution in [3.05, 3.63) is 71.6 Å². The van der Waals surface area contributed by atoms with Crippen LogP contribution < -0.4 is 4.74 Å². The Morgan fingerprint density at radius 2 is 1.84 bits per heavy atom. The Bertz CT molecular complexity index is 1030. The number of carbonyl (C=O) groups is 1. The first-order chi connectivity index (χ1) is 15.0. The highest BCUT2D eigenvalue weighted by Gasteiger charge is 2.17. The second-order valence-electron chi connectivity index (χ2n) is 6.93. The van der Waals surface area contributed by atoms with Crippen LogP contribution in [0.3, 0.4) is 0 Å². The predicted octanol–water partition coefficient (Wildman–Crippen LogP) is 5.22. The highest BCUT2D eigenvalue weighted by molar-refractivity contribution is 6.00. The van der Waals surface area contributed by atoms with Crippen molar-refractivity contribution in [2.75, 3.05) is 0 Å². The van der Waals surface area contributed by atoms with Gasteiger partial charge in [0, 0.05) is 5.56 Å². The van der Waals surface area contributed by atoms with Crippen LogP contribution in [0.2, 0.25) is 0 Å². The zero-order chi connectivity index (χ0) is 22.2. The lowest BCUT2D eigenvalue weighted by Crippen LogP contribution is -2.25. The van der Waals surface area contributed by atoms with Gasteiger partial charge >= 0.3 is 5.97 Å². The first kappa shape index (κ1) is 22.1. The number of carboxylic acids is 1. The molecule has 0 spiro atoms. The van der Waals surface area contributed by atoms with Gasteiger partial charge in [0.2, 0.25) is 5.89 Å². The van der Waals surface area contributed by atoms with Crippen LogP contribution in [0.4, 0.5) is 0 Å². The molecule has 1 heterocycles. The smallest absolute Gasteiger partial charge is 0.344 e. The molecule has 0 saturated carbocycles. The fraction of sp³-hybridized carbons (Fsp3) is 0.292. The number of aryl methyl sites for hydroxylation is 1. The monoisotopic (exact) mass is 422 g/mol. The zero-order valence-corrected chi connectivity index (χ0v) is 17.9. The maximum atomic E-state index is 11.1. The number of benzene rings is 2. The number of oxazole rings is 1. The van der Waals surface area contributed by atoms with E-state index in [9.17, 15) is 4.79 Å². The number of hydrogen-bond acceptors (Lipinski definition) is 6. The first-order valence-corrected chi connectivity index (χ1v) is 10.2. The van der Waals surface area contributed by atoms with E-state index in [2.05, 4.69) is 10.1 Å². The van der Waals surface area contributed by atoms with Crippen LogP contribution in [-0.2, 0) is 16.2 Å². The van der Waals surface area contributed by atoms with Gasteiger partial charge in [0.1, 0.15) is 17.2 Å². The van der Waals surface area contributed by atoms with E-state index < -0.39 is 12.1 Å². The van der Waals surface area contributed by atoms with Crippen LogP contribution in [0.5, 0.6) is 5.75 Å². The van der Waals surface area contributed by atoms with Crippen molar-refractivity contribution in [3.63, 3.8) is 0 Å². The summed E-state index contributed by atoms with van der Waals surface area (Å²) in [7, 11) is 0. The van der Waals surface area contributed by atoms with Crippen LogP contribution in [0.1, 0.15) is 43.7 Å². The van der Waals surface area contributed by atoms with E-state index in [0.29, 0.717) is 35.9 Å². The fourth-order valence-corrected chi connectivity index (χ4v) is 2.96. The number of ether oxygens (including phenoxy) is 1. The summed E-state index contributed by atoms with van der Waals surface area (Å²) in [5.41, 5.74) is 3.24. The van der Waals surface area contributed by atoms with Crippen molar-refractivity contribution in [1.82, 2.24) is 4.98 Å². The number of aliphatic carboxylic acids is 1. The summed E-state index contributed by atoms with van der Waals surface area (Å²) in [5, 5.41) is 13.4. The second kappa shape index (κ2) is 10.4. The molecule has 0 saturated heterocycles. The fourth-order valence-electron chi connectivity index (χ4n) is 2.96. The van der Waals surface area contributed by atoms with E-state index >= 15 is 0 Å². The minimum Gasteiger partial charge on any atom is -0.479 e. The summed E-state index contributed by atoms with van der Waals surface area (Å²) in [6, 6.07) is 16.8. The second-order valence-corrected chi connectivity index (χ2v) is 6.93. The average Bonchev–Trinajstić information content (AvgIpc) is 3.16. The summed E-state index contributed by atoms with van der Waals surface area (Å²) in [4.78, 5) is 21.2. The van der Waals surface area contributed by atoms with Crippen molar-refractivity contribution in [2.24, 2.45) is 5.16 Å². The Morgan fingerprint density at radius 1 is 1.13 bits per heavy atom. The lowest BCUT2D eigenvalue weighted by molar-refractivity contribution is -0.145. The molecular weight excluding hydrogens is 396 g/mol. The van der Waals surface area contributed by atoms with Gasteiger partial charge in [-0.2, -0.15) is 0 Å². The quantitative estimate of drug-likeness (QED) is 0.355. The maximum Gasteiger partial charge on any atom is 0.344 e. The van der Waals surface area contributed by atoms with Crippen molar-refractivity contribution in [1.29, 1.82) is 0 Å². The molecule has 3 aromatic rings. The molecule has 1 aromatic heterocycles. The molecule has 7 nitrogen and oxygen atoms in total. The summed E-state index contributed by atoms with van der Waals surface area (Å²) in [6.45, 7) is 5.80. The number of hydrogen-bond donors (Lipinski definition) is 1. The van der Waals surface area contributed by atoms with E-state index in [1.54, 1.807) is 19.1 Å². The van der Waals surface area contributed by atoms with Crippen LogP contribution in [0, 0.1) is 6.92 Å². The van der Waals surface area contributed by atoms with Crippen LogP contribution in [0.15, 0.2) is 64.2 Å². The Kier molecular flexibility index (Phi) is 7.43. The van der Waals surface area contributed by atoms with Gasteiger partial charge < -0.3 is 19.1 Å².